The highest BCUT2D eigenvalue weighted by Gasteiger charge is 2.29. The van der Waals surface area contributed by atoms with Gasteiger partial charge in [0.2, 0.25) is 0 Å². The lowest BCUT2D eigenvalue weighted by atomic mass is 10.1. The first-order chi connectivity index (χ1) is 9.72. The number of aromatic nitrogens is 1. The Morgan fingerprint density at radius 1 is 1.20 bits per heavy atom. The smallest absolute Gasteiger partial charge is 0.254 e. The maximum Gasteiger partial charge on any atom is 0.254 e. The molecule has 20 heavy (non-hydrogen) atoms. The Hall–Kier alpha value is -2.40. The van der Waals surface area contributed by atoms with E-state index in [4.69, 9.17) is 4.74 Å². The van der Waals surface area contributed by atoms with Crippen LogP contribution in [-0.2, 0) is 0 Å². The number of hydrogen-bond donors (Lipinski definition) is 1. The first-order valence-corrected chi connectivity index (χ1v) is 6.37. The number of aliphatic hydroxyl groups excluding tert-OH is 1. The van der Waals surface area contributed by atoms with Gasteiger partial charge in [-0.05, 0) is 36.4 Å². The fraction of sp³-hybridized carbons (Fsp3) is 0.200. The molecule has 0 saturated carbocycles. The van der Waals surface area contributed by atoms with Crippen LogP contribution in [0, 0.1) is 0 Å². The van der Waals surface area contributed by atoms with Crippen LogP contribution in [0.4, 0.5) is 0 Å². The minimum Gasteiger partial charge on any atom is -0.456 e. The minimum absolute atomic E-state index is 0.0665. The van der Waals surface area contributed by atoms with Gasteiger partial charge >= 0.3 is 0 Å². The normalized spacial score (nSPS) is 14.8. The molecule has 1 amide bonds. The second-order valence-electron chi connectivity index (χ2n) is 4.68. The molecule has 3 rings (SSSR count). The fourth-order valence-electron chi connectivity index (χ4n) is 2.01. The molecule has 1 aliphatic heterocycles. The van der Waals surface area contributed by atoms with Gasteiger partial charge in [-0.25, -0.2) is 0 Å². The molecule has 2 heterocycles. The van der Waals surface area contributed by atoms with Crippen molar-refractivity contribution in [1.82, 2.24) is 9.88 Å². The topological polar surface area (TPSA) is 62.7 Å². The Kier molecular flexibility index (Phi) is 3.35. The Balaban J connectivity index is 1.67. The fourth-order valence-corrected chi connectivity index (χ4v) is 2.01. The number of likely N-dealkylation sites (tertiary alicyclic amines) is 1. The van der Waals surface area contributed by atoms with Crippen LogP contribution in [0.1, 0.15) is 10.4 Å². The summed E-state index contributed by atoms with van der Waals surface area (Å²) in [5.41, 5.74) is 0.593. The highest BCUT2D eigenvalue weighted by Crippen LogP contribution is 2.21. The predicted octanol–water partition coefficient (Wildman–Crippen LogP) is 1.69. The van der Waals surface area contributed by atoms with Crippen molar-refractivity contribution in [3.63, 3.8) is 0 Å². The van der Waals surface area contributed by atoms with Gasteiger partial charge in [-0.1, -0.05) is 0 Å². The number of rotatable bonds is 3. The summed E-state index contributed by atoms with van der Waals surface area (Å²) in [6, 6.07) is 10.5. The van der Waals surface area contributed by atoms with Gasteiger partial charge in [-0.15, -0.1) is 0 Å². The van der Waals surface area contributed by atoms with Gasteiger partial charge in [0.1, 0.15) is 11.5 Å². The van der Waals surface area contributed by atoms with E-state index in [0.717, 1.165) is 0 Å². The molecule has 5 heteroatoms. The minimum atomic E-state index is -0.382. The van der Waals surface area contributed by atoms with E-state index in [1.165, 1.54) is 0 Å². The molecule has 2 aromatic rings. The Bertz CT molecular complexity index is 592. The van der Waals surface area contributed by atoms with E-state index in [2.05, 4.69) is 4.98 Å². The van der Waals surface area contributed by atoms with Crippen LogP contribution in [0.15, 0.2) is 48.8 Å². The second kappa shape index (κ2) is 5.30. The third-order valence-corrected chi connectivity index (χ3v) is 3.12. The van der Waals surface area contributed by atoms with E-state index in [9.17, 15) is 9.90 Å². The van der Waals surface area contributed by atoms with Gasteiger partial charge in [0, 0.05) is 24.8 Å². The lowest BCUT2D eigenvalue weighted by molar-refractivity contribution is 0.00589. The molecular formula is C15H14N2O3. The van der Waals surface area contributed by atoms with Gasteiger partial charge in [-0.2, -0.15) is 0 Å². The van der Waals surface area contributed by atoms with Crippen LogP contribution in [0.2, 0.25) is 0 Å². The third kappa shape index (κ3) is 2.62. The van der Waals surface area contributed by atoms with E-state index >= 15 is 0 Å². The van der Waals surface area contributed by atoms with Crippen molar-refractivity contribution in [3.8, 4) is 11.5 Å². The third-order valence-electron chi connectivity index (χ3n) is 3.12. The summed E-state index contributed by atoms with van der Waals surface area (Å²) in [7, 11) is 0. The van der Waals surface area contributed by atoms with Crippen LogP contribution in [-0.4, -0.2) is 40.1 Å². The molecule has 0 aliphatic carbocycles. The monoisotopic (exact) mass is 270 g/mol. The number of aliphatic hydroxyl groups is 1. The maximum atomic E-state index is 12.0. The van der Waals surface area contributed by atoms with Gasteiger partial charge in [0.05, 0.1) is 12.3 Å². The SMILES string of the molecule is O=C(c1ccc(Oc2cccnc2)cc1)N1CC(O)C1. The lowest BCUT2D eigenvalue weighted by Crippen LogP contribution is -2.53. The first-order valence-electron chi connectivity index (χ1n) is 6.37. The standard InChI is InChI=1S/C15H14N2O3/c18-12-9-17(10-12)15(19)11-3-5-13(6-4-11)20-14-2-1-7-16-8-14/h1-8,12,18H,9-10H2. The lowest BCUT2D eigenvalue weighted by Gasteiger charge is -2.35. The quantitative estimate of drug-likeness (QED) is 0.922. The molecule has 0 spiro atoms. The molecule has 0 bridgehead atoms. The number of β-amino-alcohol motifs (C(OH)–C–C–N with tert-alkyl or cyclic N) is 1. The van der Waals surface area contributed by atoms with Gasteiger partial charge < -0.3 is 14.7 Å². The number of pyridine rings is 1. The average Bonchev–Trinajstić information content (AvgIpc) is 2.45. The molecule has 1 aromatic heterocycles. The largest absolute Gasteiger partial charge is 0.456 e. The number of carbonyl (C=O) groups excluding carboxylic acids is 1. The molecule has 1 aromatic carbocycles. The van der Waals surface area contributed by atoms with Crippen molar-refractivity contribution >= 4 is 5.91 Å². The number of carbonyl (C=O) groups is 1. The van der Waals surface area contributed by atoms with Gasteiger partial charge in [-0.3, -0.25) is 9.78 Å². The number of benzene rings is 1. The van der Waals surface area contributed by atoms with E-state index in [0.29, 0.717) is 30.2 Å². The summed E-state index contributed by atoms with van der Waals surface area (Å²) in [4.78, 5) is 17.6. The van der Waals surface area contributed by atoms with Crippen LogP contribution >= 0.6 is 0 Å². The van der Waals surface area contributed by atoms with Crippen molar-refractivity contribution in [3.05, 3.63) is 54.4 Å². The summed E-state index contributed by atoms with van der Waals surface area (Å²) >= 11 is 0. The molecule has 5 nitrogen and oxygen atoms in total. The Labute approximate surface area is 116 Å². The number of amides is 1. The molecule has 1 aliphatic rings. The maximum absolute atomic E-state index is 12.0. The Morgan fingerprint density at radius 2 is 1.95 bits per heavy atom. The number of hydrogen-bond acceptors (Lipinski definition) is 4. The van der Waals surface area contributed by atoms with E-state index in [1.807, 2.05) is 6.07 Å². The van der Waals surface area contributed by atoms with Crippen LogP contribution in [0.25, 0.3) is 0 Å². The molecule has 0 radical (unpaired) electrons. The predicted molar refractivity (Wildman–Crippen MR) is 72.7 cm³/mol. The highest BCUT2D eigenvalue weighted by molar-refractivity contribution is 5.94. The van der Waals surface area contributed by atoms with Crippen molar-refractivity contribution in [2.45, 2.75) is 6.10 Å². The van der Waals surface area contributed by atoms with Crippen molar-refractivity contribution < 1.29 is 14.6 Å². The Morgan fingerprint density at radius 3 is 2.55 bits per heavy atom. The van der Waals surface area contributed by atoms with Gasteiger partial charge in [0.25, 0.3) is 5.91 Å². The van der Waals surface area contributed by atoms with Crippen molar-refractivity contribution in [2.24, 2.45) is 0 Å². The molecule has 1 saturated heterocycles. The summed E-state index contributed by atoms with van der Waals surface area (Å²) < 4.78 is 5.60. The zero-order valence-electron chi connectivity index (χ0n) is 10.8. The average molecular weight is 270 g/mol. The number of nitrogens with zero attached hydrogens (tertiary/aromatic N) is 2. The first kappa shape index (κ1) is 12.6. The summed E-state index contributed by atoms with van der Waals surface area (Å²) in [5, 5.41) is 9.20. The van der Waals surface area contributed by atoms with Crippen LogP contribution < -0.4 is 4.74 Å². The van der Waals surface area contributed by atoms with E-state index in [1.54, 1.807) is 47.6 Å². The van der Waals surface area contributed by atoms with Crippen molar-refractivity contribution in [2.75, 3.05) is 13.1 Å². The molecule has 1 N–H and O–H groups in total. The summed E-state index contributed by atoms with van der Waals surface area (Å²) in [6.07, 6.45) is 2.92. The molecule has 102 valence electrons. The zero-order chi connectivity index (χ0) is 13.9. The summed E-state index contributed by atoms with van der Waals surface area (Å²) in [6.45, 7) is 0.819. The molecule has 1 fully saturated rings. The van der Waals surface area contributed by atoms with Crippen molar-refractivity contribution in [1.29, 1.82) is 0 Å². The molecular weight excluding hydrogens is 256 g/mol. The molecule has 0 unspecified atom stereocenters. The highest BCUT2D eigenvalue weighted by atomic mass is 16.5. The van der Waals surface area contributed by atoms with E-state index in [-0.39, 0.29) is 12.0 Å². The zero-order valence-corrected chi connectivity index (χ0v) is 10.8. The number of ether oxygens (including phenoxy) is 1. The van der Waals surface area contributed by atoms with Crippen LogP contribution in [0.5, 0.6) is 11.5 Å². The van der Waals surface area contributed by atoms with Gasteiger partial charge in [0.15, 0.2) is 0 Å². The second-order valence-corrected chi connectivity index (χ2v) is 4.68. The molecule has 0 atom stereocenters. The van der Waals surface area contributed by atoms with Crippen LogP contribution in [0.3, 0.4) is 0 Å². The van der Waals surface area contributed by atoms with E-state index < -0.39 is 0 Å². The summed E-state index contributed by atoms with van der Waals surface area (Å²) in [5.74, 6) is 1.24.